The van der Waals surface area contributed by atoms with Gasteiger partial charge in [0.05, 0.1) is 6.61 Å². The van der Waals surface area contributed by atoms with Crippen LogP contribution in [0.1, 0.15) is 18.4 Å². The molecule has 18 heavy (non-hydrogen) atoms. The topological polar surface area (TPSA) is 12.5 Å². The standard InChI is InChI=1S/C14H19BrFNO/c1-18-10-11-4-3-7-17(9-11)14-6-2-5-13(16)12(14)8-15/h2,5-6,11H,3-4,7-10H2,1H3. The SMILES string of the molecule is COCC1CCCN(c2cccc(F)c2CBr)C1. The van der Waals surface area contributed by atoms with Crippen molar-refractivity contribution in [2.45, 2.75) is 18.2 Å². The van der Waals surface area contributed by atoms with Crippen molar-refractivity contribution in [2.24, 2.45) is 5.92 Å². The lowest BCUT2D eigenvalue weighted by atomic mass is 9.97. The summed E-state index contributed by atoms with van der Waals surface area (Å²) in [5.74, 6) is 0.424. The minimum atomic E-state index is -0.127. The number of piperidine rings is 1. The summed E-state index contributed by atoms with van der Waals surface area (Å²) in [7, 11) is 1.74. The van der Waals surface area contributed by atoms with Crippen LogP contribution in [0.5, 0.6) is 0 Å². The van der Waals surface area contributed by atoms with Gasteiger partial charge in [-0.15, -0.1) is 0 Å². The molecule has 2 rings (SSSR count). The van der Waals surface area contributed by atoms with Gasteiger partial charge in [0.2, 0.25) is 0 Å². The Hall–Kier alpha value is -0.610. The maximum absolute atomic E-state index is 13.8. The van der Waals surface area contributed by atoms with Gasteiger partial charge in [0.1, 0.15) is 5.82 Å². The van der Waals surface area contributed by atoms with Crippen LogP contribution in [0.3, 0.4) is 0 Å². The number of hydrogen-bond acceptors (Lipinski definition) is 2. The van der Waals surface area contributed by atoms with E-state index in [0.29, 0.717) is 11.2 Å². The zero-order valence-electron chi connectivity index (χ0n) is 10.7. The van der Waals surface area contributed by atoms with Gasteiger partial charge in [0, 0.05) is 36.8 Å². The van der Waals surface area contributed by atoms with Crippen LogP contribution in [0, 0.1) is 11.7 Å². The van der Waals surface area contributed by atoms with Crippen molar-refractivity contribution in [3.63, 3.8) is 0 Å². The Morgan fingerprint density at radius 2 is 2.33 bits per heavy atom. The largest absolute Gasteiger partial charge is 0.384 e. The van der Waals surface area contributed by atoms with Gasteiger partial charge < -0.3 is 9.64 Å². The molecule has 0 spiro atoms. The summed E-state index contributed by atoms with van der Waals surface area (Å²) in [6.07, 6.45) is 2.34. The fraction of sp³-hybridized carbons (Fsp3) is 0.571. The Bertz CT molecular complexity index is 397. The number of ether oxygens (including phenoxy) is 1. The van der Waals surface area contributed by atoms with Gasteiger partial charge in [-0.2, -0.15) is 0 Å². The number of anilines is 1. The molecule has 1 saturated heterocycles. The number of benzene rings is 1. The van der Waals surface area contributed by atoms with Crippen LogP contribution >= 0.6 is 15.9 Å². The molecule has 100 valence electrons. The van der Waals surface area contributed by atoms with Crippen LogP contribution in [-0.4, -0.2) is 26.8 Å². The van der Waals surface area contributed by atoms with Crippen LogP contribution < -0.4 is 4.90 Å². The van der Waals surface area contributed by atoms with E-state index < -0.39 is 0 Å². The normalized spacial score (nSPS) is 20.2. The summed E-state index contributed by atoms with van der Waals surface area (Å²) in [6.45, 7) is 2.75. The van der Waals surface area contributed by atoms with Crippen molar-refractivity contribution in [3.8, 4) is 0 Å². The van der Waals surface area contributed by atoms with Gasteiger partial charge in [-0.3, -0.25) is 0 Å². The highest BCUT2D eigenvalue weighted by molar-refractivity contribution is 9.08. The highest BCUT2D eigenvalue weighted by Crippen LogP contribution is 2.29. The van der Waals surface area contributed by atoms with Gasteiger partial charge in [-0.1, -0.05) is 22.0 Å². The molecule has 0 saturated carbocycles. The van der Waals surface area contributed by atoms with E-state index in [1.54, 1.807) is 13.2 Å². The van der Waals surface area contributed by atoms with Crippen molar-refractivity contribution in [1.82, 2.24) is 0 Å². The molecule has 1 aliphatic heterocycles. The monoisotopic (exact) mass is 315 g/mol. The maximum atomic E-state index is 13.8. The first-order valence-electron chi connectivity index (χ1n) is 6.33. The number of halogens is 2. The Labute approximate surface area is 116 Å². The number of alkyl halides is 1. The fourth-order valence-electron chi connectivity index (χ4n) is 2.63. The van der Waals surface area contributed by atoms with Crippen LogP contribution in [0.4, 0.5) is 10.1 Å². The van der Waals surface area contributed by atoms with Crippen molar-refractivity contribution in [2.75, 3.05) is 31.7 Å². The Morgan fingerprint density at radius 1 is 1.50 bits per heavy atom. The molecule has 0 radical (unpaired) electrons. The van der Waals surface area contributed by atoms with Crippen LogP contribution in [0.2, 0.25) is 0 Å². The van der Waals surface area contributed by atoms with Crippen LogP contribution in [0.15, 0.2) is 18.2 Å². The molecule has 0 amide bonds. The molecule has 1 atom stereocenters. The summed E-state index contributed by atoms with van der Waals surface area (Å²) < 4.78 is 19.0. The molecular formula is C14H19BrFNO. The van der Waals surface area contributed by atoms with Gasteiger partial charge in [0.25, 0.3) is 0 Å². The quantitative estimate of drug-likeness (QED) is 0.787. The van der Waals surface area contributed by atoms with E-state index in [0.717, 1.165) is 37.4 Å². The molecule has 0 aliphatic carbocycles. The highest BCUT2D eigenvalue weighted by atomic mass is 79.9. The van der Waals surface area contributed by atoms with E-state index >= 15 is 0 Å². The number of nitrogens with zero attached hydrogens (tertiary/aromatic N) is 1. The van der Waals surface area contributed by atoms with Gasteiger partial charge >= 0.3 is 0 Å². The number of hydrogen-bond donors (Lipinski definition) is 0. The molecule has 4 heteroatoms. The summed E-state index contributed by atoms with van der Waals surface area (Å²) in [4.78, 5) is 2.28. The van der Waals surface area contributed by atoms with Crippen LogP contribution in [0.25, 0.3) is 0 Å². The summed E-state index contributed by atoms with van der Waals surface area (Å²) in [5.41, 5.74) is 1.78. The van der Waals surface area contributed by atoms with E-state index in [1.807, 2.05) is 6.07 Å². The summed E-state index contributed by atoms with van der Waals surface area (Å²) in [5, 5.41) is 0.556. The van der Waals surface area contributed by atoms with Crippen molar-refractivity contribution >= 4 is 21.6 Å². The van der Waals surface area contributed by atoms with E-state index in [1.165, 1.54) is 12.5 Å². The smallest absolute Gasteiger partial charge is 0.129 e. The molecule has 0 aromatic heterocycles. The molecule has 1 aromatic carbocycles. The number of rotatable bonds is 4. The zero-order valence-corrected chi connectivity index (χ0v) is 12.2. The van der Waals surface area contributed by atoms with Gasteiger partial charge in [-0.05, 0) is 30.9 Å². The van der Waals surface area contributed by atoms with E-state index in [2.05, 4.69) is 20.8 Å². The van der Waals surface area contributed by atoms with Gasteiger partial charge in [-0.25, -0.2) is 4.39 Å². The van der Waals surface area contributed by atoms with Crippen molar-refractivity contribution < 1.29 is 9.13 Å². The summed E-state index contributed by atoms with van der Waals surface area (Å²) >= 11 is 3.38. The Balaban J connectivity index is 2.18. The number of methoxy groups -OCH3 is 1. The lowest BCUT2D eigenvalue weighted by molar-refractivity contribution is 0.143. The fourth-order valence-corrected chi connectivity index (χ4v) is 3.19. The van der Waals surface area contributed by atoms with Gasteiger partial charge in [0.15, 0.2) is 0 Å². The van der Waals surface area contributed by atoms with E-state index in [4.69, 9.17) is 4.74 Å². The third-order valence-electron chi connectivity index (χ3n) is 3.49. The lowest BCUT2D eigenvalue weighted by Crippen LogP contribution is -2.37. The molecule has 1 unspecified atom stereocenters. The first kappa shape index (κ1) is 13.8. The predicted octanol–water partition coefficient (Wildman–Crippen LogP) is 3.58. The first-order valence-corrected chi connectivity index (χ1v) is 7.45. The van der Waals surface area contributed by atoms with E-state index in [-0.39, 0.29) is 5.82 Å². The Morgan fingerprint density at radius 3 is 3.06 bits per heavy atom. The molecule has 0 N–H and O–H groups in total. The molecule has 0 bridgehead atoms. The zero-order chi connectivity index (χ0) is 13.0. The minimum Gasteiger partial charge on any atom is -0.384 e. The molecule has 1 heterocycles. The molecule has 1 fully saturated rings. The second-order valence-corrected chi connectivity index (χ2v) is 5.34. The average Bonchev–Trinajstić information content (AvgIpc) is 2.39. The third-order valence-corrected chi connectivity index (χ3v) is 4.05. The maximum Gasteiger partial charge on any atom is 0.129 e. The second-order valence-electron chi connectivity index (χ2n) is 4.78. The minimum absolute atomic E-state index is 0.127. The molecular weight excluding hydrogens is 297 g/mol. The average molecular weight is 316 g/mol. The lowest BCUT2D eigenvalue weighted by Gasteiger charge is -2.35. The third kappa shape index (κ3) is 3.04. The van der Waals surface area contributed by atoms with Crippen LogP contribution in [-0.2, 0) is 10.1 Å². The van der Waals surface area contributed by atoms with Crippen molar-refractivity contribution in [1.29, 1.82) is 0 Å². The Kier molecular flexibility index (Phi) is 5.01. The second kappa shape index (κ2) is 6.53. The molecule has 1 aromatic rings. The summed E-state index contributed by atoms with van der Waals surface area (Å²) in [6, 6.07) is 5.32. The first-order chi connectivity index (χ1) is 8.76. The predicted molar refractivity (Wildman–Crippen MR) is 75.8 cm³/mol. The highest BCUT2D eigenvalue weighted by Gasteiger charge is 2.22. The van der Waals surface area contributed by atoms with E-state index in [9.17, 15) is 4.39 Å². The molecule has 1 aliphatic rings. The molecule has 2 nitrogen and oxygen atoms in total. The van der Waals surface area contributed by atoms with Crippen molar-refractivity contribution in [3.05, 3.63) is 29.6 Å².